The lowest BCUT2D eigenvalue weighted by Crippen LogP contribution is -1.93. The van der Waals surface area contributed by atoms with Gasteiger partial charge in [-0.25, -0.2) is 0 Å². The Bertz CT molecular complexity index is 1010. The SMILES string of the molecule is CCCc1nnc(-c2ccccc2Nc2ccc(-c3ccccc3)cc2)o1. The fraction of sp³-hybridized carbons (Fsp3) is 0.130. The highest BCUT2D eigenvalue weighted by molar-refractivity contribution is 5.77. The van der Waals surface area contributed by atoms with Gasteiger partial charge in [0.2, 0.25) is 11.8 Å². The molecule has 0 saturated heterocycles. The van der Waals surface area contributed by atoms with Crippen LogP contribution < -0.4 is 5.32 Å². The van der Waals surface area contributed by atoms with E-state index in [-0.39, 0.29) is 0 Å². The molecule has 3 aromatic carbocycles. The minimum absolute atomic E-state index is 0.544. The van der Waals surface area contributed by atoms with Gasteiger partial charge in [0, 0.05) is 12.1 Å². The van der Waals surface area contributed by atoms with Crippen molar-refractivity contribution in [3.05, 3.63) is 84.8 Å². The van der Waals surface area contributed by atoms with Crippen LogP contribution >= 0.6 is 0 Å². The Morgan fingerprint density at radius 2 is 1.48 bits per heavy atom. The first kappa shape index (κ1) is 17.0. The molecule has 0 aliphatic rings. The molecular weight excluding hydrogens is 334 g/mol. The first-order valence-corrected chi connectivity index (χ1v) is 9.18. The topological polar surface area (TPSA) is 51.0 Å². The Labute approximate surface area is 158 Å². The molecular formula is C23H21N3O. The number of aryl methyl sites for hydroxylation is 1. The van der Waals surface area contributed by atoms with Crippen LogP contribution in [0, 0.1) is 0 Å². The number of hydrogen-bond acceptors (Lipinski definition) is 4. The molecule has 4 rings (SSSR count). The monoisotopic (exact) mass is 355 g/mol. The van der Waals surface area contributed by atoms with Gasteiger partial charge in [0.15, 0.2) is 0 Å². The molecule has 4 heteroatoms. The quantitative estimate of drug-likeness (QED) is 0.454. The maximum Gasteiger partial charge on any atom is 0.249 e. The maximum absolute atomic E-state index is 5.80. The van der Waals surface area contributed by atoms with E-state index in [1.54, 1.807) is 0 Å². The van der Waals surface area contributed by atoms with E-state index in [9.17, 15) is 0 Å². The Morgan fingerprint density at radius 3 is 2.26 bits per heavy atom. The van der Waals surface area contributed by atoms with E-state index in [4.69, 9.17) is 4.42 Å². The summed E-state index contributed by atoms with van der Waals surface area (Å²) in [6, 6.07) is 26.7. The van der Waals surface area contributed by atoms with Crippen LogP contribution in [0.4, 0.5) is 11.4 Å². The molecule has 0 atom stereocenters. The third-order valence-electron chi connectivity index (χ3n) is 4.36. The second-order valence-corrected chi connectivity index (χ2v) is 6.36. The highest BCUT2D eigenvalue weighted by Crippen LogP contribution is 2.30. The lowest BCUT2D eigenvalue weighted by Gasteiger charge is -2.10. The van der Waals surface area contributed by atoms with E-state index in [2.05, 4.69) is 71.0 Å². The summed E-state index contributed by atoms with van der Waals surface area (Å²) in [6.45, 7) is 2.10. The summed E-state index contributed by atoms with van der Waals surface area (Å²) in [7, 11) is 0. The maximum atomic E-state index is 5.80. The highest BCUT2D eigenvalue weighted by atomic mass is 16.4. The van der Waals surface area contributed by atoms with Crippen molar-refractivity contribution in [3.63, 3.8) is 0 Å². The van der Waals surface area contributed by atoms with Gasteiger partial charge in [-0.1, -0.05) is 61.5 Å². The number of hydrogen-bond donors (Lipinski definition) is 1. The molecule has 0 amide bonds. The summed E-state index contributed by atoms with van der Waals surface area (Å²) in [5.41, 5.74) is 5.25. The molecule has 0 radical (unpaired) electrons. The number of anilines is 2. The van der Waals surface area contributed by atoms with Gasteiger partial charge in [-0.2, -0.15) is 0 Å². The van der Waals surface area contributed by atoms with Gasteiger partial charge < -0.3 is 9.73 Å². The van der Waals surface area contributed by atoms with Crippen LogP contribution in [0.3, 0.4) is 0 Å². The zero-order valence-electron chi connectivity index (χ0n) is 15.2. The van der Waals surface area contributed by atoms with E-state index >= 15 is 0 Å². The molecule has 0 fully saturated rings. The lowest BCUT2D eigenvalue weighted by atomic mass is 10.1. The first-order chi connectivity index (χ1) is 13.3. The minimum atomic E-state index is 0.544. The number of para-hydroxylation sites is 1. The Hall–Kier alpha value is -3.40. The van der Waals surface area contributed by atoms with Crippen molar-refractivity contribution in [2.45, 2.75) is 19.8 Å². The molecule has 0 unspecified atom stereocenters. The third kappa shape index (κ3) is 3.90. The summed E-state index contributed by atoms with van der Waals surface area (Å²) >= 11 is 0. The first-order valence-electron chi connectivity index (χ1n) is 9.18. The third-order valence-corrected chi connectivity index (χ3v) is 4.36. The molecule has 0 bridgehead atoms. The molecule has 1 aromatic heterocycles. The Balaban J connectivity index is 1.58. The molecule has 1 heterocycles. The van der Waals surface area contributed by atoms with Crippen LogP contribution in [0.5, 0.6) is 0 Å². The van der Waals surface area contributed by atoms with Crippen molar-refractivity contribution in [2.24, 2.45) is 0 Å². The standard InChI is InChI=1S/C23H21N3O/c1-2-8-22-25-26-23(27-22)20-11-6-7-12-21(20)24-19-15-13-18(14-16-19)17-9-4-3-5-10-17/h3-7,9-16,24H,2,8H2,1H3. The van der Waals surface area contributed by atoms with Crippen molar-refractivity contribution >= 4 is 11.4 Å². The predicted octanol–water partition coefficient (Wildman–Crippen LogP) is 6.10. The summed E-state index contributed by atoms with van der Waals surface area (Å²) < 4.78 is 5.80. The van der Waals surface area contributed by atoms with Crippen molar-refractivity contribution in [3.8, 4) is 22.6 Å². The Morgan fingerprint density at radius 1 is 0.778 bits per heavy atom. The number of benzene rings is 3. The van der Waals surface area contributed by atoms with Crippen molar-refractivity contribution in [1.82, 2.24) is 10.2 Å². The van der Waals surface area contributed by atoms with Gasteiger partial charge in [0.25, 0.3) is 0 Å². The summed E-state index contributed by atoms with van der Waals surface area (Å²) in [5, 5.41) is 11.8. The number of rotatable bonds is 6. The van der Waals surface area contributed by atoms with Crippen molar-refractivity contribution < 1.29 is 4.42 Å². The highest BCUT2D eigenvalue weighted by Gasteiger charge is 2.12. The fourth-order valence-corrected chi connectivity index (χ4v) is 2.99. The van der Waals surface area contributed by atoms with Gasteiger partial charge in [0.1, 0.15) is 0 Å². The second kappa shape index (κ2) is 7.87. The van der Waals surface area contributed by atoms with Crippen molar-refractivity contribution in [1.29, 1.82) is 0 Å². The van der Waals surface area contributed by atoms with E-state index in [0.717, 1.165) is 29.8 Å². The molecule has 27 heavy (non-hydrogen) atoms. The molecule has 4 nitrogen and oxygen atoms in total. The normalized spacial score (nSPS) is 10.7. The average molecular weight is 355 g/mol. The number of aromatic nitrogens is 2. The van der Waals surface area contributed by atoms with Crippen LogP contribution in [0.25, 0.3) is 22.6 Å². The molecule has 134 valence electrons. The van der Waals surface area contributed by atoms with E-state index in [0.29, 0.717) is 11.8 Å². The van der Waals surface area contributed by atoms with Crippen LogP contribution in [0.2, 0.25) is 0 Å². The van der Waals surface area contributed by atoms with Gasteiger partial charge in [-0.3, -0.25) is 0 Å². The van der Waals surface area contributed by atoms with Crippen LogP contribution in [0.15, 0.2) is 83.3 Å². The summed E-state index contributed by atoms with van der Waals surface area (Å²) in [6.07, 6.45) is 1.78. The van der Waals surface area contributed by atoms with Gasteiger partial charge in [0.05, 0.1) is 11.3 Å². The van der Waals surface area contributed by atoms with E-state index < -0.39 is 0 Å². The average Bonchev–Trinajstić information content (AvgIpc) is 3.18. The smallest absolute Gasteiger partial charge is 0.249 e. The van der Waals surface area contributed by atoms with E-state index in [1.807, 2.05) is 30.3 Å². The van der Waals surface area contributed by atoms with E-state index in [1.165, 1.54) is 11.1 Å². The van der Waals surface area contributed by atoms with Crippen LogP contribution in [-0.2, 0) is 6.42 Å². The largest absolute Gasteiger partial charge is 0.421 e. The molecule has 0 aliphatic heterocycles. The fourth-order valence-electron chi connectivity index (χ4n) is 2.99. The zero-order chi connectivity index (χ0) is 18.5. The Kier molecular flexibility index (Phi) is 4.97. The van der Waals surface area contributed by atoms with Gasteiger partial charge >= 0.3 is 0 Å². The molecule has 0 aliphatic carbocycles. The van der Waals surface area contributed by atoms with Crippen molar-refractivity contribution in [2.75, 3.05) is 5.32 Å². The zero-order valence-corrected chi connectivity index (χ0v) is 15.2. The second-order valence-electron chi connectivity index (χ2n) is 6.36. The predicted molar refractivity (Wildman–Crippen MR) is 109 cm³/mol. The molecule has 4 aromatic rings. The molecule has 0 spiro atoms. The van der Waals surface area contributed by atoms with Gasteiger partial charge in [-0.15, -0.1) is 10.2 Å². The van der Waals surface area contributed by atoms with Crippen LogP contribution in [0.1, 0.15) is 19.2 Å². The number of nitrogens with one attached hydrogen (secondary N) is 1. The van der Waals surface area contributed by atoms with Gasteiger partial charge in [-0.05, 0) is 41.8 Å². The van der Waals surface area contributed by atoms with Crippen LogP contribution in [-0.4, -0.2) is 10.2 Å². The summed E-state index contributed by atoms with van der Waals surface area (Å²) in [5.74, 6) is 1.22. The lowest BCUT2D eigenvalue weighted by molar-refractivity contribution is 0.502. The molecule has 1 N–H and O–H groups in total. The number of nitrogens with zero attached hydrogens (tertiary/aromatic N) is 2. The molecule has 0 saturated carbocycles. The minimum Gasteiger partial charge on any atom is -0.421 e. The summed E-state index contributed by atoms with van der Waals surface area (Å²) in [4.78, 5) is 0.